The number of hydrogen-bond donors (Lipinski definition) is 3. The zero-order valence-electron chi connectivity index (χ0n) is 9.83. The van der Waals surface area contributed by atoms with E-state index < -0.39 is 11.7 Å². The Kier molecular flexibility index (Phi) is 3.27. The molecule has 4 N–H and O–H groups in total. The highest BCUT2D eigenvalue weighted by molar-refractivity contribution is 6.07. The highest BCUT2D eigenvalue weighted by atomic mass is 19.1. The molecule has 0 atom stereocenters. The van der Waals surface area contributed by atoms with E-state index in [1.165, 1.54) is 12.1 Å². The van der Waals surface area contributed by atoms with Gasteiger partial charge in [-0.3, -0.25) is 9.89 Å². The molecule has 18 heavy (non-hydrogen) atoms. The van der Waals surface area contributed by atoms with Crippen molar-refractivity contribution in [3.63, 3.8) is 0 Å². The number of amides is 1. The summed E-state index contributed by atoms with van der Waals surface area (Å²) in [6.45, 7) is 1.97. The molecule has 94 valence electrons. The van der Waals surface area contributed by atoms with E-state index >= 15 is 0 Å². The van der Waals surface area contributed by atoms with Crippen molar-refractivity contribution in [1.82, 2.24) is 10.2 Å². The monoisotopic (exact) mass is 248 g/mol. The summed E-state index contributed by atoms with van der Waals surface area (Å²) in [6, 6.07) is 5.37. The van der Waals surface area contributed by atoms with Crippen molar-refractivity contribution in [2.45, 2.75) is 13.3 Å². The number of hydrogen-bond acceptors (Lipinski definition) is 3. The van der Waals surface area contributed by atoms with Crippen LogP contribution in [0.4, 0.5) is 15.9 Å². The molecular formula is C12H13FN4O. The molecule has 1 amide bonds. The van der Waals surface area contributed by atoms with Crippen LogP contribution in [0.2, 0.25) is 0 Å². The zero-order valence-corrected chi connectivity index (χ0v) is 9.83. The number of nitrogens with one attached hydrogen (secondary N) is 2. The van der Waals surface area contributed by atoms with Crippen molar-refractivity contribution in [3.8, 4) is 0 Å². The summed E-state index contributed by atoms with van der Waals surface area (Å²) in [5, 5.41) is 9.30. The van der Waals surface area contributed by atoms with Gasteiger partial charge in [-0.15, -0.1) is 0 Å². The molecule has 0 unspecified atom stereocenters. The first-order valence-corrected chi connectivity index (χ1v) is 5.51. The molecule has 0 fully saturated rings. The van der Waals surface area contributed by atoms with Crippen molar-refractivity contribution in [3.05, 3.63) is 41.3 Å². The van der Waals surface area contributed by atoms with Gasteiger partial charge in [0, 0.05) is 17.4 Å². The maximum Gasteiger partial charge on any atom is 0.258 e. The Hall–Kier alpha value is -2.37. The van der Waals surface area contributed by atoms with E-state index in [9.17, 15) is 9.18 Å². The number of carbonyl (C=O) groups is 1. The van der Waals surface area contributed by atoms with E-state index in [1.807, 2.05) is 6.92 Å². The first-order valence-electron chi connectivity index (χ1n) is 5.51. The molecule has 0 spiro atoms. The number of aromatic amines is 1. The lowest BCUT2D eigenvalue weighted by Gasteiger charge is -2.04. The normalized spacial score (nSPS) is 10.3. The molecule has 2 rings (SSSR count). The highest BCUT2D eigenvalue weighted by Gasteiger charge is 2.12. The number of nitrogen functional groups attached to an aromatic ring is 1. The lowest BCUT2D eigenvalue weighted by atomic mass is 10.1. The van der Waals surface area contributed by atoms with Crippen LogP contribution in [0.15, 0.2) is 24.3 Å². The average molecular weight is 248 g/mol. The van der Waals surface area contributed by atoms with Crippen LogP contribution < -0.4 is 11.1 Å². The lowest BCUT2D eigenvalue weighted by Crippen LogP contribution is -2.14. The fourth-order valence-corrected chi connectivity index (χ4v) is 1.53. The molecule has 0 radical (unpaired) electrons. The highest BCUT2D eigenvalue weighted by Crippen LogP contribution is 2.15. The Morgan fingerprint density at radius 2 is 2.28 bits per heavy atom. The summed E-state index contributed by atoms with van der Waals surface area (Å²) in [4.78, 5) is 11.9. The van der Waals surface area contributed by atoms with Gasteiger partial charge in [0.1, 0.15) is 5.82 Å². The number of anilines is 2. The number of nitrogens with zero attached hydrogens (tertiary/aromatic N) is 1. The molecule has 1 heterocycles. The standard InChI is InChI=1S/C12H13FN4O/c1-2-8-6-11(17-16-8)15-12(18)9-4-3-7(13)5-10(9)14/h3-6H,2,14H2,1H3,(H2,15,16,17,18). The van der Waals surface area contributed by atoms with Crippen LogP contribution in [0, 0.1) is 5.82 Å². The van der Waals surface area contributed by atoms with Crippen LogP contribution in [-0.4, -0.2) is 16.1 Å². The van der Waals surface area contributed by atoms with Gasteiger partial charge in [-0.1, -0.05) is 6.92 Å². The fourth-order valence-electron chi connectivity index (χ4n) is 1.53. The van der Waals surface area contributed by atoms with Crippen LogP contribution in [0.25, 0.3) is 0 Å². The minimum atomic E-state index is -0.475. The van der Waals surface area contributed by atoms with Crippen LogP contribution in [0.1, 0.15) is 23.0 Å². The summed E-state index contributed by atoms with van der Waals surface area (Å²) in [6.07, 6.45) is 0.793. The second kappa shape index (κ2) is 4.87. The maximum absolute atomic E-state index is 12.9. The molecule has 5 nitrogen and oxygen atoms in total. The van der Waals surface area contributed by atoms with E-state index in [0.29, 0.717) is 5.82 Å². The molecule has 0 aliphatic heterocycles. The third-order valence-corrected chi connectivity index (χ3v) is 2.51. The first kappa shape index (κ1) is 12.1. The van der Waals surface area contributed by atoms with Crippen LogP contribution in [-0.2, 0) is 6.42 Å². The quantitative estimate of drug-likeness (QED) is 0.726. The van der Waals surface area contributed by atoms with Gasteiger partial charge >= 0.3 is 0 Å². The van der Waals surface area contributed by atoms with Crippen molar-refractivity contribution < 1.29 is 9.18 Å². The summed E-state index contributed by atoms with van der Waals surface area (Å²) in [7, 11) is 0. The van der Waals surface area contributed by atoms with Gasteiger partial charge in [0.25, 0.3) is 5.91 Å². The predicted molar refractivity (Wildman–Crippen MR) is 66.7 cm³/mol. The van der Waals surface area contributed by atoms with Gasteiger partial charge < -0.3 is 11.1 Å². The summed E-state index contributed by atoms with van der Waals surface area (Å²) in [5.41, 5.74) is 6.81. The van der Waals surface area contributed by atoms with Gasteiger partial charge in [-0.25, -0.2) is 4.39 Å². The van der Waals surface area contributed by atoms with Crippen LogP contribution >= 0.6 is 0 Å². The largest absolute Gasteiger partial charge is 0.398 e. The molecule has 0 saturated carbocycles. The molecule has 0 saturated heterocycles. The molecule has 0 bridgehead atoms. The van der Waals surface area contributed by atoms with Crippen molar-refractivity contribution >= 4 is 17.4 Å². The lowest BCUT2D eigenvalue weighted by molar-refractivity contribution is 0.102. The summed E-state index contributed by atoms with van der Waals surface area (Å²) in [5.74, 6) is -0.473. The van der Waals surface area contributed by atoms with Crippen molar-refractivity contribution in [1.29, 1.82) is 0 Å². The van der Waals surface area contributed by atoms with Crippen molar-refractivity contribution in [2.75, 3.05) is 11.1 Å². The zero-order chi connectivity index (χ0) is 13.1. The molecule has 1 aromatic heterocycles. The minimum absolute atomic E-state index is 0.0961. The number of H-pyrrole nitrogens is 1. The van der Waals surface area contributed by atoms with Gasteiger partial charge in [0.15, 0.2) is 5.82 Å². The van der Waals surface area contributed by atoms with Crippen LogP contribution in [0.3, 0.4) is 0 Å². The molecule has 0 aliphatic carbocycles. The second-order valence-corrected chi connectivity index (χ2v) is 3.82. The third kappa shape index (κ3) is 2.48. The van der Waals surface area contributed by atoms with Gasteiger partial charge in [0.2, 0.25) is 0 Å². The third-order valence-electron chi connectivity index (χ3n) is 2.51. The Morgan fingerprint density at radius 1 is 1.50 bits per heavy atom. The molecule has 0 aliphatic rings. The molecular weight excluding hydrogens is 235 g/mol. The van der Waals surface area contributed by atoms with Crippen LogP contribution in [0.5, 0.6) is 0 Å². The van der Waals surface area contributed by atoms with E-state index in [0.717, 1.165) is 18.2 Å². The number of carbonyl (C=O) groups excluding carboxylic acids is 1. The number of nitrogens with two attached hydrogens (primary N) is 1. The molecule has 2 aromatic rings. The van der Waals surface area contributed by atoms with E-state index in [2.05, 4.69) is 15.5 Å². The number of halogens is 1. The summed E-state index contributed by atoms with van der Waals surface area (Å²) < 4.78 is 12.9. The Balaban J connectivity index is 2.16. The first-order chi connectivity index (χ1) is 8.60. The van der Waals surface area contributed by atoms with Crippen molar-refractivity contribution in [2.24, 2.45) is 0 Å². The topological polar surface area (TPSA) is 83.8 Å². The molecule has 6 heteroatoms. The SMILES string of the molecule is CCc1cc(NC(=O)c2ccc(F)cc2N)n[nH]1. The fraction of sp³-hybridized carbons (Fsp3) is 0.167. The molecule has 1 aromatic carbocycles. The van der Waals surface area contributed by atoms with Gasteiger partial charge in [-0.05, 0) is 24.6 Å². The van der Waals surface area contributed by atoms with Gasteiger partial charge in [0.05, 0.1) is 5.56 Å². The van der Waals surface area contributed by atoms with Gasteiger partial charge in [-0.2, -0.15) is 5.10 Å². The number of benzene rings is 1. The summed E-state index contributed by atoms with van der Waals surface area (Å²) >= 11 is 0. The Bertz CT molecular complexity index is 579. The maximum atomic E-state index is 12.9. The minimum Gasteiger partial charge on any atom is -0.398 e. The smallest absolute Gasteiger partial charge is 0.258 e. The number of aryl methyl sites for hydroxylation is 1. The average Bonchev–Trinajstić information content (AvgIpc) is 2.76. The van der Waals surface area contributed by atoms with E-state index in [4.69, 9.17) is 5.73 Å². The predicted octanol–water partition coefficient (Wildman–Crippen LogP) is 1.95. The number of rotatable bonds is 3. The number of aromatic nitrogens is 2. The van der Waals surface area contributed by atoms with E-state index in [1.54, 1.807) is 6.07 Å². The Morgan fingerprint density at radius 3 is 2.89 bits per heavy atom. The van der Waals surface area contributed by atoms with E-state index in [-0.39, 0.29) is 11.3 Å². The second-order valence-electron chi connectivity index (χ2n) is 3.82. The Labute approximate surface area is 103 Å².